The summed E-state index contributed by atoms with van der Waals surface area (Å²) < 4.78 is 0. The Bertz CT molecular complexity index is 605. The van der Waals surface area contributed by atoms with Crippen LogP contribution in [0.4, 0.5) is 5.69 Å². The Labute approximate surface area is 117 Å². The zero-order valence-electron chi connectivity index (χ0n) is 10.6. The highest BCUT2D eigenvalue weighted by Gasteiger charge is 2.02. The summed E-state index contributed by atoms with van der Waals surface area (Å²) in [6.07, 6.45) is 1.58. The van der Waals surface area contributed by atoms with E-state index in [0.29, 0.717) is 10.6 Å². The molecular formula is C16H14ClNO. The first kappa shape index (κ1) is 13.4. The summed E-state index contributed by atoms with van der Waals surface area (Å²) in [7, 11) is 0. The molecule has 2 rings (SSSR count). The highest BCUT2D eigenvalue weighted by atomic mass is 35.5. The minimum absolute atomic E-state index is 0.0207. The van der Waals surface area contributed by atoms with Gasteiger partial charge in [0.1, 0.15) is 0 Å². The normalized spacial score (nSPS) is 11.2. The zero-order valence-corrected chi connectivity index (χ0v) is 11.3. The van der Waals surface area contributed by atoms with Gasteiger partial charge in [-0.2, -0.15) is 0 Å². The van der Waals surface area contributed by atoms with Crippen LogP contribution in [0.25, 0.3) is 0 Å². The monoisotopic (exact) mass is 271 g/mol. The van der Waals surface area contributed by atoms with Crippen LogP contribution in [0.3, 0.4) is 0 Å². The average molecular weight is 272 g/mol. The molecule has 2 nitrogen and oxygen atoms in total. The number of halogens is 1. The molecule has 0 heterocycles. The smallest absolute Gasteiger partial charge is 0.187 e. The standard InChI is InChI=1S/C16H14ClNO/c1-12(18-15-9-5-8-14(17)11-15)10-16(19)13-6-3-2-4-7-13/h2-11,18H,1H3/b12-10+. The summed E-state index contributed by atoms with van der Waals surface area (Å²) in [4.78, 5) is 12.0. The van der Waals surface area contributed by atoms with Crippen LogP contribution in [-0.2, 0) is 0 Å². The molecule has 3 heteroatoms. The van der Waals surface area contributed by atoms with E-state index in [9.17, 15) is 4.79 Å². The van der Waals surface area contributed by atoms with Crippen LogP contribution in [0.2, 0.25) is 5.02 Å². The number of rotatable bonds is 4. The summed E-state index contributed by atoms with van der Waals surface area (Å²) in [6.45, 7) is 1.85. The fourth-order valence-electron chi connectivity index (χ4n) is 1.71. The molecule has 1 N–H and O–H groups in total. The van der Waals surface area contributed by atoms with Crippen LogP contribution in [0, 0.1) is 0 Å². The Hall–Kier alpha value is -2.06. The first-order valence-corrected chi connectivity index (χ1v) is 6.33. The van der Waals surface area contributed by atoms with Crippen molar-refractivity contribution in [2.75, 3.05) is 5.32 Å². The predicted octanol–water partition coefficient (Wildman–Crippen LogP) is 4.54. The third-order valence-electron chi connectivity index (χ3n) is 2.57. The Morgan fingerprint density at radius 1 is 1.11 bits per heavy atom. The van der Waals surface area contributed by atoms with Crippen molar-refractivity contribution >= 4 is 23.1 Å². The maximum Gasteiger partial charge on any atom is 0.187 e. The van der Waals surface area contributed by atoms with Gasteiger partial charge >= 0.3 is 0 Å². The summed E-state index contributed by atoms with van der Waals surface area (Å²) in [5.41, 5.74) is 2.31. The molecule has 2 aromatic rings. The molecule has 0 spiro atoms. The lowest BCUT2D eigenvalue weighted by atomic mass is 10.1. The van der Waals surface area contributed by atoms with Crippen molar-refractivity contribution in [3.05, 3.63) is 77.0 Å². The molecule has 0 aliphatic carbocycles. The molecule has 0 fully saturated rings. The van der Waals surface area contributed by atoms with Gasteiger partial charge in [-0.3, -0.25) is 4.79 Å². The van der Waals surface area contributed by atoms with E-state index in [4.69, 9.17) is 11.6 Å². The molecule has 0 unspecified atom stereocenters. The van der Waals surface area contributed by atoms with E-state index in [1.54, 1.807) is 24.3 Å². The SMILES string of the molecule is C/C(=C\C(=O)c1ccccc1)Nc1cccc(Cl)c1. The minimum atomic E-state index is -0.0207. The second-order valence-corrected chi connectivity index (χ2v) is 4.63. The number of nitrogens with one attached hydrogen (secondary N) is 1. The lowest BCUT2D eigenvalue weighted by Crippen LogP contribution is -2.01. The van der Waals surface area contributed by atoms with Gasteiger partial charge in [-0.1, -0.05) is 48.0 Å². The maximum atomic E-state index is 12.0. The number of allylic oxidation sites excluding steroid dienone is 2. The summed E-state index contributed by atoms with van der Waals surface area (Å²) in [5, 5.41) is 3.80. The maximum absolute atomic E-state index is 12.0. The van der Waals surface area contributed by atoms with E-state index in [1.165, 1.54) is 0 Å². The van der Waals surface area contributed by atoms with Gasteiger partial charge in [-0.05, 0) is 25.1 Å². The van der Waals surface area contributed by atoms with Gasteiger partial charge in [0.05, 0.1) is 0 Å². The second-order valence-electron chi connectivity index (χ2n) is 4.19. The van der Waals surface area contributed by atoms with Crippen LogP contribution in [0.15, 0.2) is 66.4 Å². The molecule has 19 heavy (non-hydrogen) atoms. The van der Waals surface area contributed by atoms with E-state index in [0.717, 1.165) is 11.4 Å². The largest absolute Gasteiger partial charge is 0.359 e. The van der Waals surface area contributed by atoms with Crippen LogP contribution < -0.4 is 5.32 Å². The Kier molecular flexibility index (Phi) is 4.37. The third kappa shape index (κ3) is 3.97. The van der Waals surface area contributed by atoms with Gasteiger partial charge in [-0.25, -0.2) is 0 Å². The number of carbonyl (C=O) groups excluding carboxylic acids is 1. The molecule has 0 amide bonds. The zero-order chi connectivity index (χ0) is 13.7. The fourth-order valence-corrected chi connectivity index (χ4v) is 1.90. The van der Waals surface area contributed by atoms with Crippen LogP contribution in [0.5, 0.6) is 0 Å². The van der Waals surface area contributed by atoms with E-state index < -0.39 is 0 Å². The topological polar surface area (TPSA) is 29.1 Å². The number of hydrogen-bond acceptors (Lipinski definition) is 2. The van der Waals surface area contributed by atoms with Crippen LogP contribution in [0.1, 0.15) is 17.3 Å². The van der Waals surface area contributed by atoms with E-state index in [1.807, 2.05) is 43.3 Å². The van der Waals surface area contributed by atoms with E-state index >= 15 is 0 Å². The van der Waals surface area contributed by atoms with Gasteiger partial charge in [-0.15, -0.1) is 0 Å². The Morgan fingerprint density at radius 3 is 2.53 bits per heavy atom. The first-order valence-electron chi connectivity index (χ1n) is 5.95. The first-order chi connectivity index (χ1) is 9.15. The molecule has 0 aliphatic heterocycles. The molecule has 0 bridgehead atoms. The van der Waals surface area contributed by atoms with Crippen LogP contribution in [-0.4, -0.2) is 5.78 Å². The Balaban J connectivity index is 2.09. The van der Waals surface area contributed by atoms with Crippen molar-refractivity contribution in [2.45, 2.75) is 6.92 Å². The number of anilines is 1. The quantitative estimate of drug-likeness (QED) is 0.653. The van der Waals surface area contributed by atoms with E-state index in [-0.39, 0.29) is 5.78 Å². The lowest BCUT2D eigenvalue weighted by molar-refractivity contribution is 0.104. The Morgan fingerprint density at radius 2 is 1.84 bits per heavy atom. The van der Waals surface area contributed by atoms with Gasteiger partial charge in [0.15, 0.2) is 5.78 Å². The average Bonchev–Trinajstić information content (AvgIpc) is 2.39. The fraction of sp³-hybridized carbons (Fsp3) is 0.0625. The second kappa shape index (κ2) is 6.21. The molecule has 96 valence electrons. The van der Waals surface area contributed by atoms with Gasteiger partial charge in [0.2, 0.25) is 0 Å². The summed E-state index contributed by atoms with van der Waals surface area (Å²) in [6, 6.07) is 16.6. The molecule has 0 saturated heterocycles. The van der Waals surface area contributed by atoms with Gasteiger partial charge in [0.25, 0.3) is 0 Å². The predicted molar refractivity (Wildman–Crippen MR) is 79.6 cm³/mol. The third-order valence-corrected chi connectivity index (χ3v) is 2.81. The minimum Gasteiger partial charge on any atom is -0.359 e. The van der Waals surface area contributed by atoms with Crippen molar-refractivity contribution in [1.82, 2.24) is 0 Å². The number of benzene rings is 2. The molecule has 0 aliphatic rings. The molecule has 0 radical (unpaired) electrons. The lowest BCUT2D eigenvalue weighted by Gasteiger charge is -2.06. The molecule has 2 aromatic carbocycles. The summed E-state index contributed by atoms with van der Waals surface area (Å²) >= 11 is 5.90. The molecular weight excluding hydrogens is 258 g/mol. The van der Waals surface area contributed by atoms with Gasteiger partial charge < -0.3 is 5.32 Å². The van der Waals surface area contributed by atoms with E-state index in [2.05, 4.69) is 5.32 Å². The van der Waals surface area contributed by atoms with Crippen molar-refractivity contribution in [3.8, 4) is 0 Å². The summed E-state index contributed by atoms with van der Waals surface area (Å²) in [5.74, 6) is -0.0207. The van der Waals surface area contributed by atoms with Crippen LogP contribution >= 0.6 is 11.6 Å². The molecule has 0 atom stereocenters. The van der Waals surface area contributed by atoms with Crippen molar-refractivity contribution < 1.29 is 4.79 Å². The number of ketones is 1. The molecule has 0 saturated carbocycles. The number of hydrogen-bond donors (Lipinski definition) is 1. The van der Waals surface area contributed by atoms with Gasteiger partial charge in [0, 0.05) is 28.0 Å². The highest BCUT2D eigenvalue weighted by molar-refractivity contribution is 6.30. The van der Waals surface area contributed by atoms with Crippen molar-refractivity contribution in [2.24, 2.45) is 0 Å². The van der Waals surface area contributed by atoms with Crippen molar-refractivity contribution in [3.63, 3.8) is 0 Å². The number of carbonyl (C=O) groups is 1. The molecule has 0 aromatic heterocycles. The van der Waals surface area contributed by atoms with Crippen molar-refractivity contribution in [1.29, 1.82) is 0 Å². The highest BCUT2D eigenvalue weighted by Crippen LogP contribution is 2.16.